The third kappa shape index (κ3) is 3.07. The average Bonchev–Trinajstić information content (AvgIpc) is 3.07. The van der Waals surface area contributed by atoms with Crippen LogP contribution in [0.2, 0.25) is 0 Å². The normalized spacial score (nSPS) is 22.5. The van der Waals surface area contributed by atoms with Crippen molar-refractivity contribution in [2.24, 2.45) is 10.7 Å². The molecule has 1 aliphatic heterocycles. The van der Waals surface area contributed by atoms with Gasteiger partial charge in [0.1, 0.15) is 0 Å². The number of hydrogen-bond acceptors (Lipinski definition) is 2. The van der Waals surface area contributed by atoms with E-state index in [1.807, 2.05) is 0 Å². The van der Waals surface area contributed by atoms with Crippen LogP contribution in [0.1, 0.15) is 30.4 Å². The summed E-state index contributed by atoms with van der Waals surface area (Å²) in [6.45, 7) is 1.52. The number of nitrogens with two attached hydrogens (primary N) is 1. The molecule has 0 aromatic heterocycles. The highest BCUT2D eigenvalue weighted by Gasteiger charge is 2.15. The van der Waals surface area contributed by atoms with Gasteiger partial charge in [0, 0.05) is 12.3 Å². The number of ether oxygens (including phenoxy) is 1. The fourth-order valence-corrected chi connectivity index (χ4v) is 2.83. The lowest BCUT2D eigenvalue weighted by atomic mass is 10.1. The number of hydrogen-bond donors (Lipinski definition) is 2. The number of nitrogens with zero attached hydrogens (tertiary/aromatic N) is 1. The number of fused-ring (bicyclic) bond motifs is 1. The van der Waals surface area contributed by atoms with E-state index in [1.165, 1.54) is 30.4 Å². The standard InChI is InChI=1S/C15H21N3O/c16-15(17-10-14-5-2-8-19-14)18-13-7-6-11-3-1-4-12(11)9-13/h6-7,9,14H,1-5,8,10H2,(H3,16,17,18)/t14-/m1/s1. The van der Waals surface area contributed by atoms with Gasteiger partial charge in [-0.1, -0.05) is 6.07 Å². The van der Waals surface area contributed by atoms with Crippen molar-refractivity contribution in [3.05, 3.63) is 29.3 Å². The van der Waals surface area contributed by atoms with Gasteiger partial charge in [0.15, 0.2) is 5.96 Å². The Morgan fingerprint density at radius 2 is 2.21 bits per heavy atom. The third-order valence-electron chi connectivity index (χ3n) is 3.86. The van der Waals surface area contributed by atoms with E-state index in [2.05, 4.69) is 28.5 Å². The molecule has 0 amide bonds. The number of guanidine groups is 1. The first kappa shape index (κ1) is 12.5. The van der Waals surface area contributed by atoms with Gasteiger partial charge in [-0.15, -0.1) is 0 Å². The number of aliphatic imine (C=N–C) groups is 1. The van der Waals surface area contributed by atoms with Crippen LogP contribution < -0.4 is 11.1 Å². The van der Waals surface area contributed by atoms with Gasteiger partial charge < -0.3 is 15.8 Å². The lowest BCUT2D eigenvalue weighted by Gasteiger charge is -2.09. The Morgan fingerprint density at radius 1 is 1.32 bits per heavy atom. The average molecular weight is 259 g/mol. The molecule has 1 heterocycles. The van der Waals surface area contributed by atoms with Gasteiger partial charge in [-0.25, -0.2) is 0 Å². The first-order chi connectivity index (χ1) is 9.31. The quantitative estimate of drug-likeness (QED) is 0.645. The molecule has 3 rings (SSSR count). The molecule has 1 fully saturated rings. The predicted octanol–water partition coefficient (Wildman–Crippen LogP) is 2.08. The van der Waals surface area contributed by atoms with Crippen molar-refractivity contribution in [3.63, 3.8) is 0 Å². The zero-order chi connectivity index (χ0) is 13.1. The second-order valence-corrected chi connectivity index (χ2v) is 5.32. The molecule has 1 aliphatic carbocycles. The summed E-state index contributed by atoms with van der Waals surface area (Å²) in [5.41, 5.74) is 9.86. The molecule has 1 atom stereocenters. The molecule has 4 nitrogen and oxygen atoms in total. The Morgan fingerprint density at radius 3 is 3.05 bits per heavy atom. The van der Waals surface area contributed by atoms with Crippen LogP contribution in [0, 0.1) is 0 Å². The zero-order valence-electron chi connectivity index (χ0n) is 11.2. The van der Waals surface area contributed by atoms with Gasteiger partial charge in [0.05, 0.1) is 12.6 Å². The number of nitrogens with one attached hydrogen (secondary N) is 1. The summed E-state index contributed by atoms with van der Waals surface area (Å²) in [7, 11) is 0. The Labute approximate surface area is 114 Å². The Balaban J connectivity index is 1.59. The van der Waals surface area contributed by atoms with Crippen LogP contribution in [0.3, 0.4) is 0 Å². The fourth-order valence-electron chi connectivity index (χ4n) is 2.83. The van der Waals surface area contributed by atoms with Crippen LogP contribution >= 0.6 is 0 Å². The number of benzene rings is 1. The summed E-state index contributed by atoms with van der Waals surface area (Å²) in [5.74, 6) is 0.480. The minimum absolute atomic E-state index is 0.250. The zero-order valence-corrected chi connectivity index (χ0v) is 11.2. The topological polar surface area (TPSA) is 59.6 Å². The van der Waals surface area contributed by atoms with Crippen molar-refractivity contribution in [3.8, 4) is 0 Å². The number of anilines is 1. The van der Waals surface area contributed by atoms with E-state index in [-0.39, 0.29) is 6.10 Å². The van der Waals surface area contributed by atoms with E-state index in [0.29, 0.717) is 12.5 Å². The van der Waals surface area contributed by atoms with Crippen molar-refractivity contribution in [1.82, 2.24) is 0 Å². The lowest BCUT2D eigenvalue weighted by molar-refractivity contribution is 0.118. The molecule has 3 N–H and O–H groups in total. The molecule has 2 aliphatic rings. The molecule has 0 radical (unpaired) electrons. The molecule has 102 valence electrons. The van der Waals surface area contributed by atoms with Crippen LogP contribution in [0.4, 0.5) is 5.69 Å². The van der Waals surface area contributed by atoms with E-state index in [4.69, 9.17) is 10.5 Å². The van der Waals surface area contributed by atoms with Crippen molar-refractivity contribution in [2.75, 3.05) is 18.5 Å². The highest BCUT2D eigenvalue weighted by molar-refractivity contribution is 5.92. The minimum Gasteiger partial charge on any atom is -0.376 e. The number of aryl methyl sites for hydroxylation is 2. The Hall–Kier alpha value is -1.55. The van der Waals surface area contributed by atoms with Crippen molar-refractivity contribution >= 4 is 11.6 Å². The van der Waals surface area contributed by atoms with Crippen LogP contribution in [0.25, 0.3) is 0 Å². The molecule has 1 aromatic carbocycles. The van der Waals surface area contributed by atoms with Gasteiger partial charge in [-0.05, 0) is 55.4 Å². The number of rotatable bonds is 3. The highest BCUT2D eigenvalue weighted by Crippen LogP contribution is 2.24. The molecule has 19 heavy (non-hydrogen) atoms. The smallest absolute Gasteiger partial charge is 0.193 e. The van der Waals surface area contributed by atoms with E-state index >= 15 is 0 Å². The summed E-state index contributed by atoms with van der Waals surface area (Å²) in [5, 5.41) is 3.17. The van der Waals surface area contributed by atoms with Crippen molar-refractivity contribution in [2.45, 2.75) is 38.2 Å². The minimum atomic E-state index is 0.250. The third-order valence-corrected chi connectivity index (χ3v) is 3.86. The second kappa shape index (κ2) is 5.61. The Kier molecular flexibility index (Phi) is 3.69. The summed E-state index contributed by atoms with van der Waals surface area (Å²) in [4.78, 5) is 4.35. The van der Waals surface area contributed by atoms with Crippen LogP contribution in [0.15, 0.2) is 23.2 Å². The molecule has 0 spiro atoms. The lowest BCUT2D eigenvalue weighted by Crippen LogP contribution is -2.24. The molecule has 4 heteroatoms. The monoisotopic (exact) mass is 259 g/mol. The predicted molar refractivity (Wildman–Crippen MR) is 77.6 cm³/mol. The van der Waals surface area contributed by atoms with Gasteiger partial charge in [-0.3, -0.25) is 4.99 Å². The van der Waals surface area contributed by atoms with Crippen LogP contribution in [-0.4, -0.2) is 25.2 Å². The van der Waals surface area contributed by atoms with E-state index in [9.17, 15) is 0 Å². The van der Waals surface area contributed by atoms with Crippen molar-refractivity contribution < 1.29 is 4.74 Å². The molecule has 0 bridgehead atoms. The van der Waals surface area contributed by atoms with Gasteiger partial charge in [0.2, 0.25) is 0 Å². The second-order valence-electron chi connectivity index (χ2n) is 5.32. The van der Waals surface area contributed by atoms with E-state index in [0.717, 1.165) is 25.1 Å². The van der Waals surface area contributed by atoms with Gasteiger partial charge >= 0.3 is 0 Å². The van der Waals surface area contributed by atoms with E-state index < -0.39 is 0 Å². The first-order valence-electron chi connectivity index (χ1n) is 7.11. The van der Waals surface area contributed by atoms with Crippen LogP contribution in [-0.2, 0) is 17.6 Å². The molecule has 1 saturated heterocycles. The first-order valence-corrected chi connectivity index (χ1v) is 7.11. The molecular weight excluding hydrogens is 238 g/mol. The fraction of sp³-hybridized carbons (Fsp3) is 0.533. The van der Waals surface area contributed by atoms with Gasteiger partial charge in [-0.2, -0.15) is 0 Å². The highest BCUT2D eigenvalue weighted by atomic mass is 16.5. The van der Waals surface area contributed by atoms with Crippen LogP contribution in [0.5, 0.6) is 0 Å². The summed E-state index contributed by atoms with van der Waals surface area (Å²) in [6, 6.07) is 6.47. The summed E-state index contributed by atoms with van der Waals surface area (Å²) in [6.07, 6.45) is 6.13. The van der Waals surface area contributed by atoms with E-state index in [1.54, 1.807) is 0 Å². The maximum absolute atomic E-state index is 5.91. The molecular formula is C15H21N3O. The molecule has 0 unspecified atom stereocenters. The van der Waals surface area contributed by atoms with Gasteiger partial charge in [0.25, 0.3) is 0 Å². The largest absolute Gasteiger partial charge is 0.376 e. The Bertz CT molecular complexity index is 478. The maximum Gasteiger partial charge on any atom is 0.193 e. The van der Waals surface area contributed by atoms with Crippen molar-refractivity contribution in [1.29, 1.82) is 0 Å². The summed E-state index contributed by atoms with van der Waals surface area (Å²) < 4.78 is 5.52. The molecule has 1 aromatic rings. The SMILES string of the molecule is NC(=NC[C@H]1CCCO1)Nc1ccc2c(c1)CCC2. The molecule has 0 saturated carbocycles. The summed E-state index contributed by atoms with van der Waals surface area (Å²) >= 11 is 0. The maximum atomic E-state index is 5.91.